The molecule has 1 aromatic heterocycles. The predicted octanol–water partition coefficient (Wildman–Crippen LogP) is 0.215. The van der Waals surface area contributed by atoms with Crippen LogP contribution in [0.2, 0.25) is 0 Å². The molecule has 2 heterocycles. The van der Waals surface area contributed by atoms with Crippen LogP contribution in [0.1, 0.15) is 44.4 Å². The summed E-state index contributed by atoms with van der Waals surface area (Å²) < 4.78 is 0. The van der Waals surface area contributed by atoms with Crippen molar-refractivity contribution in [2.24, 2.45) is 5.73 Å². The number of hydrogen-bond acceptors (Lipinski definition) is 4. The van der Waals surface area contributed by atoms with E-state index in [9.17, 15) is 14.4 Å². The van der Waals surface area contributed by atoms with Crippen LogP contribution < -0.4 is 16.4 Å². The molecule has 8 nitrogen and oxygen atoms in total. The first-order valence-corrected chi connectivity index (χ1v) is 9.60. The van der Waals surface area contributed by atoms with E-state index in [4.69, 9.17) is 5.73 Å². The lowest BCUT2D eigenvalue weighted by Crippen LogP contribution is -2.55. The number of rotatable bonds is 8. The largest absolute Gasteiger partial charge is 0.365 e. The minimum Gasteiger partial charge on any atom is -0.365 e. The van der Waals surface area contributed by atoms with Crippen LogP contribution in [0.3, 0.4) is 0 Å². The van der Waals surface area contributed by atoms with Crippen LogP contribution in [0.4, 0.5) is 0 Å². The first kappa shape index (κ1) is 21.0. The van der Waals surface area contributed by atoms with Gasteiger partial charge < -0.3 is 26.3 Å². The molecule has 1 fully saturated rings. The van der Waals surface area contributed by atoms with E-state index in [0.29, 0.717) is 13.0 Å². The molecule has 1 aliphatic rings. The molecule has 0 radical (unpaired) electrons. The van der Waals surface area contributed by atoms with Gasteiger partial charge in [0.05, 0.1) is 6.54 Å². The third kappa shape index (κ3) is 5.32. The summed E-state index contributed by atoms with van der Waals surface area (Å²) in [5.41, 5.74) is 7.53. The standard InChI is InChI=1S/C19H31N5O3/c1-4-15-5-6-16(24(15)19(27)13(3)23-17(25)10-20)18(26)21-8-7-14-9-12(2)22-11-14/h9,11,13,15-16,22H,4-8,10,20H2,1-3H3,(H,21,26)(H,23,25)/t13-,15-,16-/m0/s1. The van der Waals surface area contributed by atoms with Crippen LogP contribution in [-0.2, 0) is 20.8 Å². The van der Waals surface area contributed by atoms with Gasteiger partial charge >= 0.3 is 0 Å². The summed E-state index contributed by atoms with van der Waals surface area (Å²) in [4.78, 5) is 41.8. The Hall–Kier alpha value is -2.35. The van der Waals surface area contributed by atoms with E-state index < -0.39 is 12.1 Å². The zero-order valence-electron chi connectivity index (χ0n) is 16.4. The molecule has 27 heavy (non-hydrogen) atoms. The molecule has 1 saturated heterocycles. The van der Waals surface area contributed by atoms with Crippen LogP contribution in [0, 0.1) is 6.92 Å². The maximum absolute atomic E-state index is 12.9. The lowest BCUT2D eigenvalue weighted by atomic mass is 10.1. The van der Waals surface area contributed by atoms with Crippen LogP contribution in [0.15, 0.2) is 12.3 Å². The average Bonchev–Trinajstić information content (AvgIpc) is 3.26. The molecule has 150 valence electrons. The minimum absolute atomic E-state index is 0.0119. The topological polar surface area (TPSA) is 120 Å². The van der Waals surface area contributed by atoms with Gasteiger partial charge in [0.2, 0.25) is 17.7 Å². The number of nitrogens with zero attached hydrogens (tertiary/aromatic N) is 1. The fourth-order valence-corrected chi connectivity index (χ4v) is 3.62. The maximum atomic E-state index is 12.9. The Morgan fingerprint density at radius 1 is 1.37 bits per heavy atom. The van der Waals surface area contributed by atoms with E-state index in [1.165, 1.54) is 0 Å². The summed E-state index contributed by atoms with van der Waals surface area (Å²) in [6.07, 6.45) is 4.86. The molecular weight excluding hydrogens is 346 g/mol. The van der Waals surface area contributed by atoms with Gasteiger partial charge in [-0.05, 0) is 51.2 Å². The Labute approximate surface area is 160 Å². The number of likely N-dealkylation sites (tertiary alicyclic amines) is 1. The Morgan fingerprint density at radius 3 is 2.70 bits per heavy atom. The first-order valence-electron chi connectivity index (χ1n) is 9.60. The highest BCUT2D eigenvalue weighted by Gasteiger charge is 2.41. The summed E-state index contributed by atoms with van der Waals surface area (Å²) in [7, 11) is 0. The molecule has 1 aromatic rings. The highest BCUT2D eigenvalue weighted by Crippen LogP contribution is 2.27. The molecule has 0 aromatic carbocycles. The zero-order valence-corrected chi connectivity index (χ0v) is 16.4. The molecule has 2 rings (SSSR count). The Kier molecular flexibility index (Phi) is 7.41. The number of nitrogens with one attached hydrogen (secondary N) is 3. The molecule has 3 amide bonds. The molecular formula is C19H31N5O3. The quantitative estimate of drug-likeness (QED) is 0.518. The smallest absolute Gasteiger partial charge is 0.245 e. The van der Waals surface area contributed by atoms with Gasteiger partial charge in [-0.3, -0.25) is 14.4 Å². The van der Waals surface area contributed by atoms with Crippen LogP contribution in [0.5, 0.6) is 0 Å². The number of hydrogen-bond donors (Lipinski definition) is 4. The van der Waals surface area contributed by atoms with E-state index in [0.717, 1.165) is 30.5 Å². The maximum Gasteiger partial charge on any atom is 0.245 e. The highest BCUT2D eigenvalue weighted by molar-refractivity contribution is 5.92. The molecule has 0 spiro atoms. The lowest BCUT2D eigenvalue weighted by Gasteiger charge is -2.31. The van der Waals surface area contributed by atoms with Crippen LogP contribution >= 0.6 is 0 Å². The van der Waals surface area contributed by atoms with E-state index in [1.54, 1.807) is 11.8 Å². The average molecular weight is 377 g/mol. The SMILES string of the molecule is CC[C@H]1CC[C@@H](C(=O)NCCc2c[nH]c(C)c2)N1C(=O)[C@H](C)NC(=O)CN. The van der Waals surface area contributed by atoms with Crippen molar-refractivity contribution in [1.29, 1.82) is 0 Å². The summed E-state index contributed by atoms with van der Waals surface area (Å²) in [6, 6.07) is 0.865. The normalized spacial score (nSPS) is 20.4. The number of aryl methyl sites for hydroxylation is 1. The lowest BCUT2D eigenvalue weighted by molar-refractivity contribution is -0.142. The van der Waals surface area contributed by atoms with Crippen molar-refractivity contribution in [2.45, 2.75) is 64.6 Å². The Balaban J connectivity index is 1.97. The van der Waals surface area contributed by atoms with E-state index in [2.05, 4.69) is 15.6 Å². The van der Waals surface area contributed by atoms with Crippen LogP contribution in [0.25, 0.3) is 0 Å². The number of aromatic nitrogens is 1. The van der Waals surface area contributed by atoms with Gasteiger partial charge in [-0.25, -0.2) is 0 Å². The first-order chi connectivity index (χ1) is 12.9. The fraction of sp³-hybridized carbons (Fsp3) is 0.632. The van der Waals surface area contributed by atoms with Crippen LogP contribution in [-0.4, -0.2) is 58.8 Å². The number of carbonyl (C=O) groups is 3. The van der Waals surface area contributed by atoms with Gasteiger partial charge in [0.1, 0.15) is 12.1 Å². The second kappa shape index (κ2) is 9.55. The molecule has 8 heteroatoms. The van der Waals surface area contributed by atoms with E-state index in [1.807, 2.05) is 26.1 Å². The number of amides is 3. The fourth-order valence-electron chi connectivity index (χ4n) is 3.62. The molecule has 3 atom stereocenters. The van der Waals surface area contributed by atoms with Crippen molar-refractivity contribution in [2.75, 3.05) is 13.1 Å². The Morgan fingerprint density at radius 2 is 2.11 bits per heavy atom. The van der Waals surface area contributed by atoms with Gasteiger partial charge in [-0.2, -0.15) is 0 Å². The second-order valence-corrected chi connectivity index (χ2v) is 7.13. The highest BCUT2D eigenvalue weighted by atomic mass is 16.2. The monoisotopic (exact) mass is 377 g/mol. The van der Waals surface area contributed by atoms with Crippen molar-refractivity contribution < 1.29 is 14.4 Å². The van der Waals surface area contributed by atoms with Gasteiger partial charge in [0.15, 0.2) is 0 Å². The number of nitrogens with two attached hydrogens (primary N) is 1. The van der Waals surface area contributed by atoms with Crippen molar-refractivity contribution >= 4 is 17.7 Å². The van der Waals surface area contributed by atoms with Gasteiger partial charge in [-0.1, -0.05) is 6.92 Å². The molecule has 5 N–H and O–H groups in total. The number of carbonyl (C=O) groups excluding carboxylic acids is 3. The van der Waals surface area contributed by atoms with E-state index in [-0.39, 0.29) is 30.3 Å². The third-order valence-corrected chi connectivity index (χ3v) is 5.06. The van der Waals surface area contributed by atoms with Gasteiger partial charge in [0, 0.05) is 24.5 Å². The summed E-state index contributed by atoms with van der Waals surface area (Å²) in [6.45, 7) is 5.97. The minimum atomic E-state index is -0.702. The summed E-state index contributed by atoms with van der Waals surface area (Å²) >= 11 is 0. The molecule has 1 aliphatic heterocycles. The van der Waals surface area contributed by atoms with Crippen molar-refractivity contribution in [3.8, 4) is 0 Å². The molecule has 0 aliphatic carbocycles. The summed E-state index contributed by atoms with van der Waals surface area (Å²) in [5.74, 6) is -0.752. The second-order valence-electron chi connectivity index (χ2n) is 7.13. The predicted molar refractivity (Wildman–Crippen MR) is 103 cm³/mol. The van der Waals surface area contributed by atoms with Gasteiger partial charge in [0.25, 0.3) is 0 Å². The molecule has 0 unspecified atom stereocenters. The van der Waals surface area contributed by atoms with E-state index >= 15 is 0 Å². The molecule has 0 saturated carbocycles. The van der Waals surface area contributed by atoms with Crippen molar-refractivity contribution in [3.63, 3.8) is 0 Å². The third-order valence-electron chi connectivity index (χ3n) is 5.06. The van der Waals surface area contributed by atoms with Crippen molar-refractivity contribution in [1.82, 2.24) is 20.5 Å². The number of aromatic amines is 1. The van der Waals surface area contributed by atoms with Gasteiger partial charge in [-0.15, -0.1) is 0 Å². The zero-order chi connectivity index (χ0) is 20.0. The molecule has 0 bridgehead atoms. The van der Waals surface area contributed by atoms with Crippen molar-refractivity contribution in [3.05, 3.63) is 23.5 Å². The number of H-pyrrole nitrogens is 1. The summed E-state index contributed by atoms with van der Waals surface area (Å²) in [5, 5.41) is 5.54. The Bertz CT molecular complexity index is 672.